The predicted molar refractivity (Wildman–Crippen MR) is 40.8 cm³/mol. The summed E-state index contributed by atoms with van der Waals surface area (Å²) in [6.07, 6.45) is 0. The van der Waals surface area contributed by atoms with Gasteiger partial charge in [0.15, 0.2) is 5.82 Å². The van der Waals surface area contributed by atoms with Crippen molar-refractivity contribution in [2.45, 2.75) is 13.7 Å². The number of ether oxygens (including phenoxy) is 1. The summed E-state index contributed by atoms with van der Waals surface area (Å²) in [7, 11) is 0. The molecular weight excluding hydrogens is 158 g/mol. The molecule has 2 N–H and O–H groups in total. The third-order valence-corrected chi connectivity index (χ3v) is 1.30. The molecule has 6 nitrogen and oxygen atoms in total. The summed E-state index contributed by atoms with van der Waals surface area (Å²) >= 11 is 0. The first-order valence-corrected chi connectivity index (χ1v) is 3.46. The lowest BCUT2D eigenvalue weighted by Gasteiger charge is -2.00. The van der Waals surface area contributed by atoms with Crippen LogP contribution < -0.4 is 5.73 Å². The van der Waals surface area contributed by atoms with E-state index in [1.54, 1.807) is 0 Å². The van der Waals surface area contributed by atoms with E-state index in [0.29, 0.717) is 6.61 Å². The van der Waals surface area contributed by atoms with E-state index in [9.17, 15) is 0 Å². The van der Waals surface area contributed by atoms with Crippen LogP contribution in [0, 0.1) is 11.3 Å². The molecule has 0 spiro atoms. The van der Waals surface area contributed by atoms with Crippen LogP contribution in [0.5, 0.6) is 0 Å². The van der Waals surface area contributed by atoms with Gasteiger partial charge in [-0.3, -0.25) is 0 Å². The number of hydrogen-bond donors (Lipinski definition) is 1. The van der Waals surface area contributed by atoms with Crippen molar-refractivity contribution in [2.75, 3.05) is 12.3 Å². The molecule has 0 fully saturated rings. The summed E-state index contributed by atoms with van der Waals surface area (Å²) in [6.45, 7) is 2.66. The molecule has 1 aromatic rings. The van der Waals surface area contributed by atoms with Gasteiger partial charge in [-0.25, -0.2) is 4.68 Å². The van der Waals surface area contributed by atoms with Gasteiger partial charge in [0.2, 0.25) is 5.69 Å². The van der Waals surface area contributed by atoms with Crippen LogP contribution in [-0.2, 0) is 11.5 Å². The fraction of sp³-hybridized carbons (Fsp3) is 0.500. The molecular formula is C6H9N5O. The Hall–Kier alpha value is -1.61. The van der Waals surface area contributed by atoms with Crippen LogP contribution >= 0.6 is 0 Å². The zero-order valence-electron chi connectivity index (χ0n) is 6.69. The van der Waals surface area contributed by atoms with Crippen LogP contribution in [0.1, 0.15) is 12.6 Å². The topological polar surface area (TPSA) is 89.8 Å². The molecule has 12 heavy (non-hydrogen) atoms. The molecule has 0 radical (unpaired) electrons. The minimum absolute atomic E-state index is 0.134. The fourth-order valence-corrected chi connectivity index (χ4v) is 0.673. The molecule has 0 aliphatic heterocycles. The lowest BCUT2D eigenvalue weighted by molar-refractivity contribution is 0.0794. The molecule has 64 valence electrons. The Labute approximate surface area is 69.5 Å². The molecule has 1 aromatic heterocycles. The second-order valence-corrected chi connectivity index (χ2v) is 2.06. The highest BCUT2D eigenvalue weighted by Gasteiger charge is 2.07. The number of nitrogens with zero attached hydrogens (tertiary/aromatic N) is 4. The van der Waals surface area contributed by atoms with Gasteiger partial charge in [0.1, 0.15) is 12.8 Å². The Morgan fingerprint density at radius 2 is 2.50 bits per heavy atom. The second-order valence-electron chi connectivity index (χ2n) is 2.06. The third kappa shape index (κ3) is 1.52. The largest absolute Gasteiger partial charge is 0.381 e. The summed E-state index contributed by atoms with van der Waals surface area (Å²) in [5, 5.41) is 15.6. The molecule has 1 rings (SSSR count). The van der Waals surface area contributed by atoms with E-state index < -0.39 is 0 Å². The molecule has 0 unspecified atom stereocenters. The van der Waals surface area contributed by atoms with E-state index in [2.05, 4.69) is 10.3 Å². The number of nitrogen functional groups attached to an aromatic ring is 1. The highest BCUT2D eigenvalue weighted by Crippen LogP contribution is 2.04. The monoisotopic (exact) mass is 167 g/mol. The number of nitriles is 1. The van der Waals surface area contributed by atoms with Crippen molar-refractivity contribution in [1.29, 1.82) is 5.26 Å². The maximum absolute atomic E-state index is 8.47. The third-order valence-electron chi connectivity index (χ3n) is 1.30. The number of rotatable bonds is 3. The van der Waals surface area contributed by atoms with Crippen molar-refractivity contribution in [3.05, 3.63) is 5.69 Å². The average molecular weight is 167 g/mol. The van der Waals surface area contributed by atoms with Crippen LogP contribution in [-0.4, -0.2) is 21.6 Å². The van der Waals surface area contributed by atoms with Gasteiger partial charge in [-0.1, -0.05) is 5.21 Å². The lowest BCUT2D eigenvalue weighted by Crippen LogP contribution is -2.07. The number of aromatic nitrogens is 3. The summed E-state index contributed by atoms with van der Waals surface area (Å²) in [5.41, 5.74) is 5.62. The van der Waals surface area contributed by atoms with Crippen molar-refractivity contribution >= 4 is 5.82 Å². The lowest BCUT2D eigenvalue weighted by atomic mass is 10.5. The Kier molecular flexibility index (Phi) is 2.61. The normalized spacial score (nSPS) is 9.67. The van der Waals surface area contributed by atoms with Gasteiger partial charge in [0.25, 0.3) is 0 Å². The Balaban J connectivity index is 2.75. The summed E-state index contributed by atoms with van der Waals surface area (Å²) in [5.74, 6) is 0.242. The molecule has 0 aliphatic carbocycles. The van der Waals surface area contributed by atoms with Gasteiger partial charge in [-0.15, -0.1) is 5.10 Å². The first kappa shape index (κ1) is 8.49. The zero-order valence-corrected chi connectivity index (χ0v) is 6.69. The second kappa shape index (κ2) is 3.69. The van der Waals surface area contributed by atoms with Crippen molar-refractivity contribution in [1.82, 2.24) is 15.0 Å². The van der Waals surface area contributed by atoms with Crippen molar-refractivity contribution in [3.63, 3.8) is 0 Å². The van der Waals surface area contributed by atoms with Crippen LogP contribution in [0.4, 0.5) is 5.82 Å². The summed E-state index contributed by atoms with van der Waals surface area (Å²) in [4.78, 5) is 0. The van der Waals surface area contributed by atoms with Gasteiger partial charge >= 0.3 is 0 Å². The Morgan fingerprint density at radius 1 is 1.75 bits per heavy atom. The molecule has 6 heteroatoms. The highest BCUT2D eigenvalue weighted by atomic mass is 16.5. The summed E-state index contributed by atoms with van der Waals surface area (Å²) in [6, 6.07) is 1.82. The Morgan fingerprint density at radius 3 is 3.00 bits per heavy atom. The van der Waals surface area contributed by atoms with Crippen LogP contribution in [0.2, 0.25) is 0 Å². The van der Waals surface area contributed by atoms with Crippen LogP contribution in [0.25, 0.3) is 0 Å². The first-order chi connectivity index (χ1) is 5.79. The molecule has 1 heterocycles. The predicted octanol–water partition coefficient (Wildman–Crippen LogP) is -0.274. The van der Waals surface area contributed by atoms with Crippen LogP contribution in [0.3, 0.4) is 0 Å². The number of anilines is 1. The van der Waals surface area contributed by atoms with Gasteiger partial charge in [-0.05, 0) is 6.92 Å². The van der Waals surface area contributed by atoms with Crippen molar-refractivity contribution < 1.29 is 4.74 Å². The minimum atomic E-state index is 0.134. The van der Waals surface area contributed by atoms with Gasteiger partial charge < -0.3 is 10.5 Å². The van der Waals surface area contributed by atoms with E-state index in [1.807, 2.05) is 13.0 Å². The van der Waals surface area contributed by atoms with Crippen molar-refractivity contribution in [2.24, 2.45) is 0 Å². The van der Waals surface area contributed by atoms with E-state index in [0.717, 1.165) is 0 Å². The van der Waals surface area contributed by atoms with E-state index in [4.69, 9.17) is 15.7 Å². The standard InChI is InChI=1S/C6H9N5O/c1-2-12-4-11-6(8)5(3-7)9-10-11/h2,4,8H2,1H3. The SMILES string of the molecule is CCOCn1nnc(C#N)c1N. The minimum Gasteiger partial charge on any atom is -0.381 e. The Bertz CT molecular complexity index is 299. The molecule has 0 aliphatic rings. The summed E-state index contributed by atoms with van der Waals surface area (Å²) < 4.78 is 6.36. The van der Waals surface area contributed by atoms with Crippen LogP contribution in [0.15, 0.2) is 0 Å². The fourth-order valence-electron chi connectivity index (χ4n) is 0.673. The van der Waals surface area contributed by atoms with Gasteiger partial charge in [-0.2, -0.15) is 5.26 Å². The number of nitrogens with two attached hydrogens (primary N) is 1. The molecule has 0 saturated carbocycles. The van der Waals surface area contributed by atoms with E-state index >= 15 is 0 Å². The molecule has 0 atom stereocenters. The van der Waals surface area contributed by atoms with Gasteiger partial charge in [0, 0.05) is 6.61 Å². The first-order valence-electron chi connectivity index (χ1n) is 3.46. The molecule has 0 bridgehead atoms. The van der Waals surface area contributed by atoms with Crippen molar-refractivity contribution in [3.8, 4) is 6.07 Å². The maximum atomic E-state index is 8.47. The van der Waals surface area contributed by atoms with E-state index in [-0.39, 0.29) is 18.2 Å². The molecule has 0 aromatic carbocycles. The maximum Gasteiger partial charge on any atom is 0.206 e. The quantitative estimate of drug-likeness (QED) is 0.669. The smallest absolute Gasteiger partial charge is 0.206 e. The average Bonchev–Trinajstić information content (AvgIpc) is 2.43. The van der Waals surface area contributed by atoms with Gasteiger partial charge in [0.05, 0.1) is 0 Å². The highest BCUT2D eigenvalue weighted by molar-refractivity contribution is 5.42. The van der Waals surface area contributed by atoms with E-state index in [1.165, 1.54) is 4.68 Å². The number of hydrogen-bond acceptors (Lipinski definition) is 5. The molecule has 0 amide bonds. The molecule has 0 saturated heterocycles. The zero-order chi connectivity index (χ0) is 8.97.